The Labute approximate surface area is 190 Å². The Morgan fingerprint density at radius 3 is 2.61 bits per heavy atom. The van der Waals surface area contributed by atoms with Gasteiger partial charge in [0.05, 0.1) is 11.8 Å². The molecule has 0 radical (unpaired) electrons. The van der Waals surface area contributed by atoms with E-state index in [1.165, 1.54) is 10.4 Å². The molecule has 1 aromatic heterocycles. The minimum atomic E-state index is -0.474. The molecule has 6 atom stereocenters. The number of thiazole rings is 1. The first-order chi connectivity index (χ1) is 14.8. The van der Waals surface area contributed by atoms with Crippen LogP contribution in [0.15, 0.2) is 30.3 Å². The average molecular weight is 441 g/mol. The van der Waals surface area contributed by atoms with Gasteiger partial charge < -0.3 is 10.0 Å². The molecule has 1 N–H and O–H groups in total. The topological polar surface area (TPSA) is 53.4 Å². The lowest BCUT2D eigenvalue weighted by Crippen LogP contribution is -2.53. The smallest absolute Gasteiger partial charge is 0.225 e. The standard InChI is InChI=1S/C26H36N2O2S/c1-6-28(7-2)25(30)16(3)19-13-14-26(5)15-20-22(17(4)21(26)23(19)29)27-24(31-20)18-11-9-8-10-12-18/h8-12,16-17,19,21,23,29H,6-7,13-15H2,1-5H3/t16-,17-,19-,21+,23-,26+/m0/s1. The van der Waals surface area contributed by atoms with Crippen LogP contribution in [0.5, 0.6) is 0 Å². The molecule has 5 heteroatoms. The zero-order valence-electron chi connectivity index (χ0n) is 19.5. The number of rotatable bonds is 5. The number of amides is 1. The maximum Gasteiger partial charge on any atom is 0.225 e. The van der Waals surface area contributed by atoms with Gasteiger partial charge in [-0.25, -0.2) is 4.98 Å². The van der Waals surface area contributed by atoms with Crippen molar-refractivity contribution in [1.29, 1.82) is 0 Å². The van der Waals surface area contributed by atoms with Crippen LogP contribution < -0.4 is 0 Å². The number of aromatic nitrogens is 1. The van der Waals surface area contributed by atoms with E-state index in [1.807, 2.05) is 43.1 Å². The molecule has 2 aliphatic rings. The number of hydrogen-bond donors (Lipinski definition) is 1. The molecule has 0 saturated heterocycles. The van der Waals surface area contributed by atoms with Gasteiger partial charge in [0.15, 0.2) is 0 Å². The van der Waals surface area contributed by atoms with E-state index in [-0.39, 0.29) is 35.0 Å². The van der Waals surface area contributed by atoms with Gasteiger partial charge in [0.1, 0.15) is 5.01 Å². The van der Waals surface area contributed by atoms with Gasteiger partial charge in [-0.2, -0.15) is 0 Å². The van der Waals surface area contributed by atoms with Crippen LogP contribution in [-0.2, 0) is 11.2 Å². The number of carbonyl (C=O) groups is 1. The second kappa shape index (κ2) is 8.67. The van der Waals surface area contributed by atoms with Gasteiger partial charge in [-0.1, -0.05) is 51.1 Å². The Balaban J connectivity index is 1.62. The lowest BCUT2D eigenvalue weighted by atomic mass is 9.53. The summed E-state index contributed by atoms with van der Waals surface area (Å²) >= 11 is 1.82. The summed E-state index contributed by atoms with van der Waals surface area (Å²) in [5.41, 5.74) is 2.38. The van der Waals surface area contributed by atoms with E-state index in [1.54, 1.807) is 0 Å². The van der Waals surface area contributed by atoms with E-state index in [2.05, 4.69) is 38.1 Å². The summed E-state index contributed by atoms with van der Waals surface area (Å²) in [6.45, 7) is 12.1. The summed E-state index contributed by atoms with van der Waals surface area (Å²) in [4.78, 5) is 21.4. The molecule has 0 spiro atoms. The molecule has 1 amide bonds. The second-order valence-electron chi connectivity index (χ2n) is 9.83. The Kier molecular flexibility index (Phi) is 6.28. The van der Waals surface area contributed by atoms with Crippen molar-refractivity contribution < 1.29 is 9.90 Å². The van der Waals surface area contributed by atoms with Gasteiger partial charge in [0.2, 0.25) is 5.91 Å². The fourth-order valence-corrected chi connectivity index (χ4v) is 7.63. The first-order valence-electron chi connectivity index (χ1n) is 11.8. The van der Waals surface area contributed by atoms with Crippen LogP contribution in [0.2, 0.25) is 0 Å². The van der Waals surface area contributed by atoms with Gasteiger partial charge in [0.25, 0.3) is 0 Å². The predicted octanol–water partition coefficient (Wildman–Crippen LogP) is 5.37. The van der Waals surface area contributed by atoms with E-state index in [9.17, 15) is 9.90 Å². The number of nitrogens with zero attached hydrogens (tertiary/aromatic N) is 2. The minimum Gasteiger partial charge on any atom is -0.392 e. The van der Waals surface area contributed by atoms with E-state index < -0.39 is 6.10 Å². The highest BCUT2D eigenvalue weighted by molar-refractivity contribution is 7.15. The number of fused-ring (bicyclic) bond motifs is 2. The third kappa shape index (κ3) is 3.84. The van der Waals surface area contributed by atoms with Crippen LogP contribution >= 0.6 is 11.3 Å². The number of benzene rings is 1. The highest BCUT2D eigenvalue weighted by Crippen LogP contribution is 2.57. The van der Waals surface area contributed by atoms with E-state index in [0.717, 1.165) is 43.1 Å². The van der Waals surface area contributed by atoms with Crippen LogP contribution in [0.1, 0.15) is 63.9 Å². The summed E-state index contributed by atoms with van der Waals surface area (Å²) in [6.07, 6.45) is 2.47. The van der Waals surface area contributed by atoms with Crippen molar-refractivity contribution in [3.63, 3.8) is 0 Å². The molecule has 0 aliphatic heterocycles. The number of carbonyl (C=O) groups excluding carboxylic acids is 1. The molecule has 31 heavy (non-hydrogen) atoms. The van der Waals surface area contributed by atoms with Crippen LogP contribution in [0, 0.1) is 23.2 Å². The largest absolute Gasteiger partial charge is 0.392 e. The van der Waals surface area contributed by atoms with Gasteiger partial charge in [0, 0.05) is 35.4 Å². The van der Waals surface area contributed by atoms with Crippen molar-refractivity contribution in [2.24, 2.45) is 23.2 Å². The zero-order valence-corrected chi connectivity index (χ0v) is 20.3. The third-order valence-electron chi connectivity index (χ3n) is 8.05. The highest BCUT2D eigenvalue weighted by Gasteiger charge is 2.54. The molecule has 1 heterocycles. The monoisotopic (exact) mass is 440 g/mol. The van der Waals surface area contributed by atoms with Gasteiger partial charge >= 0.3 is 0 Å². The molecule has 4 nitrogen and oxygen atoms in total. The Morgan fingerprint density at radius 1 is 1.29 bits per heavy atom. The van der Waals surface area contributed by atoms with Crippen molar-refractivity contribution in [2.45, 2.75) is 65.9 Å². The molecule has 1 aromatic carbocycles. The van der Waals surface area contributed by atoms with Crippen LogP contribution in [-0.4, -0.2) is 40.1 Å². The zero-order chi connectivity index (χ0) is 22.3. The SMILES string of the molecule is CCN(CC)C(=O)[C@@H](C)[C@@H]1CC[C@]2(C)Cc3sc(-c4ccccc4)nc3[C@@H](C)[C@@H]2[C@H]1O. The number of aliphatic hydroxyl groups is 1. The summed E-state index contributed by atoms with van der Waals surface area (Å²) in [7, 11) is 0. The fraction of sp³-hybridized carbons (Fsp3) is 0.615. The summed E-state index contributed by atoms with van der Waals surface area (Å²) < 4.78 is 0. The number of aliphatic hydroxyl groups excluding tert-OH is 1. The maximum atomic E-state index is 13.0. The Bertz CT molecular complexity index is 923. The second-order valence-corrected chi connectivity index (χ2v) is 10.9. The van der Waals surface area contributed by atoms with Gasteiger partial charge in [-0.15, -0.1) is 11.3 Å². The number of hydrogen-bond acceptors (Lipinski definition) is 4. The Morgan fingerprint density at radius 2 is 1.97 bits per heavy atom. The summed E-state index contributed by atoms with van der Waals surface area (Å²) in [5.74, 6) is 0.375. The van der Waals surface area contributed by atoms with E-state index >= 15 is 0 Å². The summed E-state index contributed by atoms with van der Waals surface area (Å²) in [6, 6.07) is 10.4. The molecule has 2 aliphatic carbocycles. The van der Waals surface area contributed by atoms with E-state index in [4.69, 9.17) is 4.98 Å². The van der Waals surface area contributed by atoms with Crippen molar-refractivity contribution in [2.75, 3.05) is 13.1 Å². The molecule has 4 rings (SSSR count). The first kappa shape index (κ1) is 22.5. The normalized spacial score (nSPS) is 30.9. The Hall–Kier alpha value is -1.72. The maximum absolute atomic E-state index is 13.0. The molecule has 1 fully saturated rings. The predicted molar refractivity (Wildman–Crippen MR) is 127 cm³/mol. The van der Waals surface area contributed by atoms with Crippen molar-refractivity contribution in [3.8, 4) is 10.6 Å². The lowest BCUT2D eigenvalue weighted by molar-refractivity contribution is -0.144. The minimum absolute atomic E-state index is 0.0161. The van der Waals surface area contributed by atoms with E-state index in [0.29, 0.717) is 0 Å². The molecular weight excluding hydrogens is 404 g/mol. The van der Waals surface area contributed by atoms with Gasteiger partial charge in [-0.3, -0.25) is 4.79 Å². The quantitative estimate of drug-likeness (QED) is 0.680. The van der Waals surface area contributed by atoms with Crippen LogP contribution in [0.25, 0.3) is 10.6 Å². The molecule has 2 aromatic rings. The lowest BCUT2D eigenvalue weighted by Gasteiger charge is -2.53. The van der Waals surface area contributed by atoms with Crippen LogP contribution in [0.3, 0.4) is 0 Å². The first-order valence-corrected chi connectivity index (χ1v) is 12.6. The average Bonchev–Trinajstić information content (AvgIpc) is 3.18. The molecule has 0 unspecified atom stereocenters. The van der Waals surface area contributed by atoms with Crippen molar-refractivity contribution in [1.82, 2.24) is 9.88 Å². The van der Waals surface area contributed by atoms with Crippen molar-refractivity contribution in [3.05, 3.63) is 40.9 Å². The summed E-state index contributed by atoms with van der Waals surface area (Å²) in [5, 5.41) is 12.7. The van der Waals surface area contributed by atoms with Gasteiger partial charge in [-0.05, 0) is 50.4 Å². The molecule has 0 bridgehead atoms. The fourth-order valence-electron chi connectivity index (χ4n) is 6.26. The van der Waals surface area contributed by atoms with Crippen LogP contribution in [0.4, 0.5) is 0 Å². The van der Waals surface area contributed by atoms with Crippen molar-refractivity contribution >= 4 is 17.2 Å². The molecule has 1 saturated carbocycles. The molecule has 168 valence electrons. The highest BCUT2D eigenvalue weighted by atomic mass is 32.1. The third-order valence-corrected chi connectivity index (χ3v) is 9.17. The molecular formula is C26H36N2O2S.